The van der Waals surface area contributed by atoms with Crippen molar-refractivity contribution in [1.29, 1.82) is 0 Å². The summed E-state index contributed by atoms with van der Waals surface area (Å²) < 4.78 is 5.31. The Morgan fingerprint density at radius 3 is 2.39 bits per heavy atom. The molecule has 0 aromatic heterocycles. The van der Waals surface area contributed by atoms with E-state index in [0.717, 1.165) is 5.56 Å². The van der Waals surface area contributed by atoms with Crippen LogP contribution in [0.5, 0.6) is 5.75 Å². The standard InChI is InChI=1S/C15H23NO2/c1-10(2)13(16)14(17)18-12-8-6-7-11(9-12)15(3,4)5/h6-10,13H,16H2,1-5H3. The topological polar surface area (TPSA) is 52.3 Å². The van der Waals surface area contributed by atoms with Gasteiger partial charge in [0.1, 0.15) is 11.8 Å². The van der Waals surface area contributed by atoms with Gasteiger partial charge in [-0.1, -0.05) is 46.8 Å². The minimum absolute atomic E-state index is 0.0303. The van der Waals surface area contributed by atoms with Crippen molar-refractivity contribution in [2.75, 3.05) is 0 Å². The molecule has 1 atom stereocenters. The molecule has 1 aromatic rings. The Bertz CT molecular complexity index is 419. The first kappa shape index (κ1) is 14.7. The van der Waals surface area contributed by atoms with Crippen LogP contribution in [0.1, 0.15) is 40.2 Å². The molecule has 0 saturated carbocycles. The summed E-state index contributed by atoms with van der Waals surface area (Å²) in [4.78, 5) is 11.8. The zero-order valence-corrected chi connectivity index (χ0v) is 11.9. The molecule has 0 aliphatic rings. The second-order valence-corrected chi connectivity index (χ2v) is 5.97. The Morgan fingerprint density at radius 1 is 1.28 bits per heavy atom. The molecule has 3 heteroatoms. The zero-order valence-electron chi connectivity index (χ0n) is 11.9. The van der Waals surface area contributed by atoms with Gasteiger partial charge in [0.15, 0.2) is 0 Å². The van der Waals surface area contributed by atoms with Gasteiger partial charge >= 0.3 is 5.97 Å². The number of ether oxygens (including phenoxy) is 1. The highest BCUT2D eigenvalue weighted by Gasteiger charge is 2.20. The normalized spacial score (nSPS) is 13.5. The molecule has 1 rings (SSSR count). The molecule has 18 heavy (non-hydrogen) atoms. The summed E-state index contributed by atoms with van der Waals surface area (Å²) in [5.74, 6) is 0.253. The van der Waals surface area contributed by atoms with Crippen LogP contribution in [0.3, 0.4) is 0 Å². The number of hydrogen-bond acceptors (Lipinski definition) is 3. The zero-order chi connectivity index (χ0) is 13.9. The number of benzene rings is 1. The summed E-state index contributed by atoms with van der Waals surface area (Å²) in [6, 6.07) is 7.01. The summed E-state index contributed by atoms with van der Waals surface area (Å²) in [5, 5.41) is 0. The molecule has 0 spiro atoms. The van der Waals surface area contributed by atoms with E-state index in [2.05, 4.69) is 20.8 Å². The van der Waals surface area contributed by atoms with E-state index < -0.39 is 6.04 Å². The van der Waals surface area contributed by atoms with Gasteiger partial charge in [-0.15, -0.1) is 0 Å². The number of esters is 1. The van der Waals surface area contributed by atoms with Gasteiger partial charge in [0.25, 0.3) is 0 Å². The Balaban J connectivity index is 2.83. The lowest BCUT2D eigenvalue weighted by molar-refractivity contribution is -0.136. The smallest absolute Gasteiger partial charge is 0.328 e. The van der Waals surface area contributed by atoms with Crippen LogP contribution in [0.25, 0.3) is 0 Å². The number of carbonyl (C=O) groups is 1. The molecule has 0 amide bonds. The fourth-order valence-electron chi connectivity index (χ4n) is 1.48. The van der Waals surface area contributed by atoms with Crippen molar-refractivity contribution in [3.63, 3.8) is 0 Å². The van der Waals surface area contributed by atoms with Gasteiger partial charge in [0, 0.05) is 0 Å². The van der Waals surface area contributed by atoms with Crippen molar-refractivity contribution in [3.05, 3.63) is 29.8 Å². The third-order valence-electron chi connectivity index (χ3n) is 2.91. The maximum atomic E-state index is 11.8. The van der Waals surface area contributed by atoms with Crippen molar-refractivity contribution in [3.8, 4) is 5.75 Å². The predicted molar refractivity (Wildman–Crippen MR) is 73.6 cm³/mol. The Hall–Kier alpha value is -1.35. The maximum Gasteiger partial charge on any atom is 0.328 e. The molecule has 0 bridgehead atoms. The summed E-state index contributed by atoms with van der Waals surface area (Å²) in [7, 11) is 0. The molecular weight excluding hydrogens is 226 g/mol. The van der Waals surface area contributed by atoms with Crippen molar-refractivity contribution in [2.45, 2.75) is 46.1 Å². The van der Waals surface area contributed by atoms with E-state index in [4.69, 9.17) is 10.5 Å². The van der Waals surface area contributed by atoms with E-state index in [1.165, 1.54) is 0 Å². The number of carbonyl (C=O) groups excluding carboxylic acids is 1. The van der Waals surface area contributed by atoms with Crippen LogP contribution < -0.4 is 10.5 Å². The van der Waals surface area contributed by atoms with E-state index in [0.29, 0.717) is 5.75 Å². The quantitative estimate of drug-likeness (QED) is 0.662. The fourth-order valence-corrected chi connectivity index (χ4v) is 1.48. The van der Waals surface area contributed by atoms with Gasteiger partial charge in [0.05, 0.1) is 0 Å². The Morgan fingerprint density at radius 2 is 1.89 bits per heavy atom. The summed E-state index contributed by atoms with van der Waals surface area (Å²) >= 11 is 0. The van der Waals surface area contributed by atoms with Crippen molar-refractivity contribution >= 4 is 5.97 Å². The fraction of sp³-hybridized carbons (Fsp3) is 0.533. The first-order valence-corrected chi connectivity index (χ1v) is 6.29. The monoisotopic (exact) mass is 249 g/mol. The lowest BCUT2D eigenvalue weighted by Gasteiger charge is -2.20. The minimum atomic E-state index is -0.580. The maximum absolute atomic E-state index is 11.8. The third kappa shape index (κ3) is 3.84. The van der Waals surface area contributed by atoms with E-state index in [9.17, 15) is 4.79 Å². The molecule has 100 valence electrons. The largest absolute Gasteiger partial charge is 0.425 e. The molecule has 2 N–H and O–H groups in total. The van der Waals surface area contributed by atoms with Crippen LogP contribution in [0.4, 0.5) is 0 Å². The first-order chi connectivity index (χ1) is 8.21. The van der Waals surface area contributed by atoms with Gasteiger partial charge in [-0.25, -0.2) is 4.79 Å². The molecular formula is C15H23NO2. The molecule has 3 nitrogen and oxygen atoms in total. The van der Waals surface area contributed by atoms with Crippen LogP contribution >= 0.6 is 0 Å². The highest BCUT2D eigenvalue weighted by Crippen LogP contribution is 2.25. The molecule has 0 radical (unpaired) electrons. The number of nitrogens with two attached hydrogens (primary N) is 1. The predicted octanol–water partition coefficient (Wildman–Crippen LogP) is 2.87. The molecule has 0 aliphatic heterocycles. The highest BCUT2D eigenvalue weighted by molar-refractivity contribution is 5.78. The highest BCUT2D eigenvalue weighted by atomic mass is 16.5. The van der Waals surface area contributed by atoms with Gasteiger partial charge in [-0.05, 0) is 29.0 Å². The van der Waals surface area contributed by atoms with E-state index in [1.54, 1.807) is 6.07 Å². The van der Waals surface area contributed by atoms with Crippen LogP contribution in [0, 0.1) is 5.92 Å². The molecule has 1 aromatic carbocycles. The number of hydrogen-bond donors (Lipinski definition) is 1. The minimum Gasteiger partial charge on any atom is -0.425 e. The summed E-state index contributed by atoms with van der Waals surface area (Å²) in [5.41, 5.74) is 6.92. The van der Waals surface area contributed by atoms with Gasteiger partial charge < -0.3 is 10.5 Å². The van der Waals surface area contributed by atoms with Crippen LogP contribution in [-0.2, 0) is 10.2 Å². The third-order valence-corrected chi connectivity index (χ3v) is 2.91. The van der Waals surface area contributed by atoms with Crippen LogP contribution in [0.2, 0.25) is 0 Å². The van der Waals surface area contributed by atoms with E-state index >= 15 is 0 Å². The lowest BCUT2D eigenvalue weighted by Crippen LogP contribution is -2.38. The molecule has 1 unspecified atom stereocenters. The van der Waals surface area contributed by atoms with Crippen LogP contribution in [-0.4, -0.2) is 12.0 Å². The Kier molecular flexibility index (Phi) is 4.52. The second-order valence-electron chi connectivity index (χ2n) is 5.97. The average molecular weight is 249 g/mol. The van der Waals surface area contributed by atoms with E-state index in [1.807, 2.05) is 32.0 Å². The van der Waals surface area contributed by atoms with Crippen molar-refractivity contribution in [2.24, 2.45) is 11.7 Å². The van der Waals surface area contributed by atoms with Gasteiger partial charge in [-0.2, -0.15) is 0 Å². The SMILES string of the molecule is CC(C)C(N)C(=O)Oc1cccc(C(C)(C)C)c1. The second kappa shape index (κ2) is 5.53. The molecule has 0 fully saturated rings. The average Bonchev–Trinajstić information content (AvgIpc) is 2.27. The van der Waals surface area contributed by atoms with Crippen molar-refractivity contribution < 1.29 is 9.53 Å². The number of rotatable bonds is 3. The molecule has 0 heterocycles. The summed E-state index contributed by atoms with van der Waals surface area (Å²) in [6.07, 6.45) is 0. The van der Waals surface area contributed by atoms with Gasteiger partial charge in [-0.3, -0.25) is 0 Å². The van der Waals surface area contributed by atoms with E-state index in [-0.39, 0.29) is 17.3 Å². The Labute approximate surface area is 109 Å². The van der Waals surface area contributed by atoms with Crippen molar-refractivity contribution in [1.82, 2.24) is 0 Å². The molecule has 0 saturated heterocycles. The van der Waals surface area contributed by atoms with Crippen LogP contribution in [0.15, 0.2) is 24.3 Å². The molecule has 0 aliphatic carbocycles. The lowest BCUT2D eigenvalue weighted by atomic mass is 9.87. The van der Waals surface area contributed by atoms with Gasteiger partial charge in [0.2, 0.25) is 0 Å². The summed E-state index contributed by atoms with van der Waals surface area (Å²) in [6.45, 7) is 10.2. The first-order valence-electron chi connectivity index (χ1n) is 6.29.